The summed E-state index contributed by atoms with van der Waals surface area (Å²) in [4.78, 5) is 10.2. The van der Waals surface area contributed by atoms with Crippen LogP contribution in [0.1, 0.15) is 20.3 Å². The van der Waals surface area contributed by atoms with E-state index < -0.39 is 10.5 Å². The summed E-state index contributed by atoms with van der Waals surface area (Å²) in [6.45, 7) is 3.59. The first-order valence-corrected chi connectivity index (χ1v) is 5.51. The first-order chi connectivity index (χ1) is 8.33. The molecule has 18 heavy (non-hydrogen) atoms. The van der Waals surface area contributed by atoms with Crippen LogP contribution in [0.25, 0.3) is 0 Å². The molecule has 0 aliphatic heterocycles. The van der Waals surface area contributed by atoms with Gasteiger partial charge in [0.15, 0.2) is 11.5 Å². The molecule has 0 aliphatic carbocycles. The van der Waals surface area contributed by atoms with Gasteiger partial charge in [0.2, 0.25) is 0 Å². The highest BCUT2D eigenvalue weighted by Crippen LogP contribution is 2.31. The summed E-state index contributed by atoms with van der Waals surface area (Å²) in [5.41, 5.74) is -0.900. The molecular formula is C12H17NO5. The Morgan fingerprint density at radius 3 is 2.56 bits per heavy atom. The van der Waals surface area contributed by atoms with Gasteiger partial charge in [-0.3, -0.25) is 10.1 Å². The van der Waals surface area contributed by atoms with Crippen LogP contribution in [0.4, 0.5) is 5.69 Å². The summed E-state index contributed by atoms with van der Waals surface area (Å²) < 4.78 is 10.5. The fourth-order valence-electron chi connectivity index (χ4n) is 1.30. The summed E-state index contributed by atoms with van der Waals surface area (Å²) >= 11 is 0. The highest BCUT2D eigenvalue weighted by molar-refractivity contribution is 5.48. The van der Waals surface area contributed by atoms with Crippen molar-refractivity contribution in [2.45, 2.75) is 25.9 Å². The molecule has 0 atom stereocenters. The average molecular weight is 255 g/mol. The number of aliphatic hydroxyl groups is 1. The Hall–Kier alpha value is -1.82. The molecule has 1 rings (SSSR count). The molecule has 0 unspecified atom stereocenters. The van der Waals surface area contributed by atoms with Crippen molar-refractivity contribution in [3.05, 3.63) is 28.3 Å². The van der Waals surface area contributed by atoms with Crippen molar-refractivity contribution in [2.24, 2.45) is 0 Å². The molecule has 0 heterocycles. The fourth-order valence-corrected chi connectivity index (χ4v) is 1.30. The zero-order chi connectivity index (χ0) is 13.8. The van der Waals surface area contributed by atoms with E-state index in [9.17, 15) is 15.2 Å². The third kappa shape index (κ3) is 4.21. The number of nitro benzene ring substituents is 1. The predicted octanol–water partition coefficient (Wildman–Crippen LogP) is 2.14. The standard InChI is InChI=1S/C12H17NO5/c1-12(2,14)6-7-18-11-8-9(13(15)16)4-5-10(11)17-3/h4-5,8,14H,6-7H2,1-3H3. The van der Waals surface area contributed by atoms with Crippen molar-refractivity contribution in [1.29, 1.82) is 0 Å². The van der Waals surface area contributed by atoms with Gasteiger partial charge in [-0.25, -0.2) is 0 Å². The second-order valence-electron chi connectivity index (χ2n) is 4.50. The fraction of sp³-hybridized carbons (Fsp3) is 0.500. The molecule has 0 bridgehead atoms. The number of methoxy groups -OCH3 is 1. The Kier molecular flexibility index (Phi) is 4.49. The van der Waals surface area contributed by atoms with E-state index in [-0.39, 0.29) is 12.3 Å². The maximum Gasteiger partial charge on any atom is 0.273 e. The molecular weight excluding hydrogens is 238 g/mol. The molecule has 0 saturated heterocycles. The maximum absolute atomic E-state index is 10.7. The van der Waals surface area contributed by atoms with Crippen molar-refractivity contribution >= 4 is 5.69 Å². The molecule has 1 aromatic rings. The first-order valence-electron chi connectivity index (χ1n) is 5.51. The maximum atomic E-state index is 10.7. The van der Waals surface area contributed by atoms with Gasteiger partial charge in [0.25, 0.3) is 5.69 Å². The Labute approximate surface area is 105 Å². The second kappa shape index (κ2) is 5.68. The molecule has 0 amide bonds. The lowest BCUT2D eigenvalue weighted by atomic mass is 10.1. The number of hydrogen-bond donors (Lipinski definition) is 1. The largest absolute Gasteiger partial charge is 0.493 e. The predicted molar refractivity (Wildman–Crippen MR) is 66.1 cm³/mol. The van der Waals surface area contributed by atoms with Crippen molar-refractivity contribution in [3.63, 3.8) is 0 Å². The zero-order valence-corrected chi connectivity index (χ0v) is 10.7. The van der Waals surface area contributed by atoms with Crippen molar-refractivity contribution in [1.82, 2.24) is 0 Å². The van der Waals surface area contributed by atoms with Crippen LogP contribution in [0.5, 0.6) is 11.5 Å². The topological polar surface area (TPSA) is 81.8 Å². The number of benzene rings is 1. The molecule has 6 heteroatoms. The Bertz CT molecular complexity index is 425. The van der Waals surface area contributed by atoms with Crippen LogP contribution in [0.2, 0.25) is 0 Å². The summed E-state index contributed by atoms with van der Waals surface area (Å²) in [5.74, 6) is 0.729. The van der Waals surface area contributed by atoms with Crippen LogP contribution in [-0.2, 0) is 0 Å². The lowest BCUT2D eigenvalue weighted by Gasteiger charge is -2.17. The number of ether oxygens (including phenoxy) is 2. The van der Waals surface area contributed by atoms with Gasteiger partial charge >= 0.3 is 0 Å². The van der Waals surface area contributed by atoms with Crippen LogP contribution in [0.15, 0.2) is 18.2 Å². The molecule has 0 radical (unpaired) electrons. The summed E-state index contributed by atoms with van der Waals surface area (Å²) in [5, 5.41) is 20.2. The lowest BCUT2D eigenvalue weighted by Crippen LogP contribution is -2.21. The highest BCUT2D eigenvalue weighted by Gasteiger charge is 2.15. The lowest BCUT2D eigenvalue weighted by molar-refractivity contribution is -0.385. The summed E-state index contributed by atoms with van der Waals surface area (Å²) in [6.07, 6.45) is 0.416. The Morgan fingerprint density at radius 2 is 2.06 bits per heavy atom. The molecule has 1 N–H and O–H groups in total. The number of rotatable bonds is 6. The average Bonchev–Trinajstić information content (AvgIpc) is 2.27. The number of hydrogen-bond acceptors (Lipinski definition) is 5. The van der Waals surface area contributed by atoms with E-state index in [1.54, 1.807) is 13.8 Å². The number of nitro groups is 1. The molecule has 1 aromatic carbocycles. The van der Waals surface area contributed by atoms with Crippen molar-refractivity contribution in [2.75, 3.05) is 13.7 Å². The number of non-ortho nitro benzene ring substituents is 1. The minimum atomic E-state index is -0.839. The molecule has 0 spiro atoms. The third-order valence-corrected chi connectivity index (χ3v) is 2.33. The quantitative estimate of drug-likeness (QED) is 0.622. The van der Waals surface area contributed by atoms with E-state index in [1.807, 2.05) is 0 Å². The van der Waals surface area contributed by atoms with Gasteiger partial charge in [-0.2, -0.15) is 0 Å². The van der Waals surface area contributed by atoms with Gasteiger partial charge in [0, 0.05) is 12.5 Å². The van der Waals surface area contributed by atoms with E-state index in [4.69, 9.17) is 9.47 Å². The minimum absolute atomic E-state index is 0.0611. The summed E-state index contributed by atoms with van der Waals surface area (Å²) in [6, 6.07) is 4.14. The molecule has 0 saturated carbocycles. The SMILES string of the molecule is COc1ccc([N+](=O)[O-])cc1OCCC(C)(C)O. The molecule has 0 aliphatic rings. The molecule has 100 valence electrons. The van der Waals surface area contributed by atoms with Gasteiger partial charge < -0.3 is 14.6 Å². The Balaban J connectivity index is 2.78. The van der Waals surface area contributed by atoms with Gasteiger partial charge in [0.05, 0.1) is 30.3 Å². The van der Waals surface area contributed by atoms with Crippen LogP contribution >= 0.6 is 0 Å². The van der Waals surface area contributed by atoms with Gasteiger partial charge in [-0.1, -0.05) is 0 Å². The van der Waals surface area contributed by atoms with E-state index in [0.29, 0.717) is 17.9 Å². The van der Waals surface area contributed by atoms with Crippen LogP contribution in [-0.4, -0.2) is 29.3 Å². The van der Waals surface area contributed by atoms with Gasteiger partial charge in [-0.15, -0.1) is 0 Å². The van der Waals surface area contributed by atoms with Gasteiger partial charge in [-0.05, 0) is 19.9 Å². The smallest absolute Gasteiger partial charge is 0.273 e. The second-order valence-corrected chi connectivity index (χ2v) is 4.50. The monoisotopic (exact) mass is 255 g/mol. The van der Waals surface area contributed by atoms with Crippen LogP contribution < -0.4 is 9.47 Å². The third-order valence-electron chi connectivity index (χ3n) is 2.33. The highest BCUT2D eigenvalue weighted by atomic mass is 16.6. The van der Waals surface area contributed by atoms with E-state index >= 15 is 0 Å². The van der Waals surface area contributed by atoms with Crippen LogP contribution in [0, 0.1) is 10.1 Å². The zero-order valence-electron chi connectivity index (χ0n) is 10.7. The van der Waals surface area contributed by atoms with E-state index in [1.165, 1.54) is 25.3 Å². The molecule has 6 nitrogen and oxygen atoms in total. The van der Waals surface area contributed by atoms with Gasteiger partial charge in [0.1, 0.15) is 0 Å². The minimum Gasteiger partial charge on any atom is -0.493 e. The van der Waals surface area contributed by atoms with E-state index in [0.717, 1.165) is 0 Å². The van der Waals surface area contributed by atoms with Crippen molar-refractivity contribution in [3.8, 4) is 11.5 Å². The number of nitrogens with zero attached hydrogens (tertiary/aromatic N) is 1. The molecule has 0 aromatic heterocycles. The summed E-state index contributed by atoms with van der Waals surface area (Å²) in [7, 11) is 1.46. The van der Waals surface area contributed by atoms with Crippen molar-refractivity contribution < 1.29 is 19.5 Å². The normalized spacial score (nSPS) is 11.1. The molecule has 0 fully saturated rings. The van der Waals surface area contributed by atoms with E-state index in [2.05, 4.69) is 0 Å². The Morgan fingerprint density at radius 1 is 1.39 bits per heavy atom. The first kappa shape index (κ1) is 14.2. The van der Waals surface area contributed by atoms with Crippen LogP contribution in [0.3, 0.4) is 0 Å².